The van der Waals surface area contributed by atoms with Gasteiger partial charge in [-0.15, -0.1) is 11.3 Å². The van der Waals surface area contributed by atoms with Crippen molar-refractivity contribution in [2.75, 3.05) is 5.32 Å². The molecular weight excluding hydrogens is 350 g/mol. The molecule has 6 nitrogen and oxygen atoms in total. The van der Waals surface area contributed by atoms with Crippen molar-refractivity contribution in [2.45, 2.75) is 18.9 Å². The Morgan fingerprint density at radius 3 is 2.62 bits per heavy atom. The number of hydrogen-bond acceptors (Lipinski definition) is 5. The first kappa shape index (κ1) is 18.1. The zero-order valence-corrected chi connectivity index (χ0v) is 14.8. The molecule has 0 aliphatic rings. The lowest BCUT2D eigenvalue weighted by molar-refractivity contribution is -0.117. The maximum absolute atomic E-state index is 12.3. The van der Waals surface area contributed by atoms with Gasteiger partial charge in [0.25, 0.3) is 5.91 Å². The van der Waals surface area contributed by atoms with E-state index in [4.69, 9.17) is 10.9 Å². The predicted octanol–water partition coefficient (Wildman–Crippen LogP) is 2.92. The van der Waals surface area contributed by atoms with Crippen molar-refractivity contribution in [2.24, 2.45) is 5.73 Å². The summed E-state index contributed by atoms with van der Waals surface area (Å²) < 4.78 is 0.833. The fourth-order valence-electron chi connectivity index (χ4n) is 2.61. The van der Waals surface area contributed by atoms with Gasteiger partial charge in [-0.05, 0) is 42.0 Å². The van der Waals surface area contributed by atoms with Crippen LogP contribution >= 0.6 is 11.3 Å². The van der Waals surface area contributed by atoms with Gasteiger partial charge in [0.15, 0.2) is 0 Å². The van der Waals surface area contributed by atoms with E-state index in [0.29, 0.717) is 17.0 Å². The summed E-state index contributed by atoms with van der Waals surface area (Å²) >= 11 is 1.23. The third-order valence-corrected chi connectivity index (χ3v) is 5.13. The topological polar surface area (TPSA) is 104 Å². The van der Waals surface area contributed by atoms with Crippen molar-refractivity contribution >= 4 is 38.9 Å². The number of hydrogen-bond donors (Lipinski definition) is 4. The second-order valence-electron chi connectivity index (χ2n) is 5.92. The van der Waals surface area contributed by atoms with Crippen LogP contribution in [0.4, 0.5) is 5.69 Å². The molecule has 1 aromatic heterocycles. The fourth-order valence-corrected chi connectivity index (χ4v) is 3.60. The van der Waals surface area contributed by atoms with E-state index in [2.05, 4.69) is 5.32 Å². The Bertz CT molecular complexity index is 924. The van der Waals surface area contributed by atoms with E-state index in [1.54, 1.807) is 23.7 Å². The third kappa shape index (κ3) is 4.26. The van der Waals surface area contributed by atoms with Gasteiger partial charge >= 0.3 is 0 Å². The van der Waals surface area contributed by atoms with E-state index in [9.17, 15) is 9.59 Å². The van der Waals surface area contributed by atoms with Gasteiger partial charge in [-0.3, -0.25) is 14.8 Å². The first-order chi connectivity index (χ1) is 12.6. The summed E-state index contributed by atoms with van der Waals surface area (Å²) in [5.41, 5.74) is 9.38. The molecule has 0 radical (unpaired) electrons. The molecule has 7 heteroatoms. The van der Waals surface area contributed by atoms with Crippen molar-refractivity contribution in [3.63, 3.8) is 0 Å². The van der Waals surface area contributed by atoms with Gasteiger partial charge in [-0.25, -0.2) is 5.48 Å². The van der Waals surface area contributed by atoms with E-state index < -0.39 is 11.9 Å². The number of thiophene rings is 1. The largest absolute Gasteiger partial charge is 0.325 e. The quantitative estimate of drug-likeness (QED) is 0.396. The van der Waals surface area contributed by atoms with Crippen LogP contribution in [0.1, 0.15) is 21.7 Å². The number of hydroxylamine groups is 1. The maximum atomic E-state index is 12.3. The second-order valence-corrected chi connectivity index (χ2v) is 7.01. The van der Waals surface area contributed by atoms with Gasteiger partial charge in [0.05, 0.1) is 10.9 Å². The highest BCUT2D eigenvalue weighted by atomic mass is 32.1. The van der Waals surface area contributed by atoms with Crippen LogP contribution in [-0.4, -0.2) is 23.1 Å². The number of rotatable bonds is 6. The van der Waals surface area contributed by atoms with E-state index in [1.165, 1.54) is 11.3 Å². The molecule has 0 fully saturated rings. The van der Waals surface area contributed by atoms with E-state index in [-0.39, 0.29) is 5.91 Å². The van der Waals surface area contributed by atoms with Crippen molar-refractivity contribution in [1.82, 2.24) is 5.48 Å². The lowest BCUT2D eigenvalue weighted by atomic mass is 10.1. The first-order valence-corrected chi connectivity index (χ1v) is 8.97. The van der Waals surface area contributed by atoms with E-state index >= 15 is 0 Å². The minimum absolute atomic E-state index is 0.245. The molecule has 0 aliphatic heterocycles. The van der Waals surface area contributed by atoms with Gasteiger partial charge < -0.3 is 11.1 Å². The minimum atomic E-state index is -0.607. The monoisotopic (exact) mass is 369 g/mol. The summed E-state index contributed by atoms with van der Waals surface area (Å²) in [4.78, 5) is 24.2. The normalized spacial score (nSPS) is 11.9. The van der Waals surface area contributed by atoms with Crippen molar-refractivity contribution in [1.29, 1.82) is 0 Å². The van der Waals surface area contributed by atoms with Crippen molar-refractivity contribution < 1.29 is 14.8 Å². The number of nitrogens with one attached hydrogen (secondary N) is 2. The highest BCUT2D eigenvalue weighted by Crippen LogP contribution is 2.28. The van der Waals surface area contributed by atoms with Crippen LogP contribution in [0.2, 0.25) is 0 Å². The number of anilines is 1. The van der Waals surface area contributed by atoms with Crippen LogP contribution in [0, 0.1) is 0 Å². The molecule has 0 aliphatic carbocycles. The Hall–Kier alpha value is -2.74. The molecule has 134 valence electrons. The van der Waals surface area contributed by atoms with Gasteiger partial charge in [0.1, 0.15) is 0 Å². The highest BCUT2D eigenvalue weighted by Gasteiger charge is 2.15. The maximum Gasteiger partial charge on any atom is 0.284 e. The van der Waals surface area contributed by atoms with E-state index in [1.807, 2.05) is 36.4 Å². The molecular formula is C19H19N3O3S. The molecule has 26 heavy (non-hydrogen) atoms. The molecule has 5 N–H and O–H groups in total. The van der Waals surface area contributed by atoms with Crippen molar-refractivity contribution in [3.8, 4) is 0 Å². The fraction of sp³-hybridized carbons (Fsp3) is 0.158. The zero-order chi connectivity index (χ0) is 18.5. The standard InChI is InChI=1S/C19H19N3O3S/c20-15(9-6-12-4-2-1-3-5-12)18(23)21-14-8-7-13-10-17(19(24)22-25)26-16(13)11-14/h1-5,7-8,10-11,15,25H,6,9,20H2,(H,21,23)(H,22,24)/t15-/m0/s1. The van der Waals surface area contributed by atoms with Gasteiger partial charge in [0, 0.05) is 10.4 Å². The van der Waals surface area contributed by atoms with Crippen LogP contribution in [0.15, 0.2) is 54.6 Å². The molecule has 0 saturated heterocycles. The van der Waals surface area contributed by atoms with E-state index in [0.717, 1.165) is 22.1 Å². The first-order valence-electron chi connectivity index (χ1n) is 8.15. The van der Waals surface area contributed by atoms with Crippen LogP contribution in [0.25, 0.3) is 10.1 Å². The summed E-state index contributed by atoms with van der Waals surface area (Å²) in [6.07, 6.45) is 1.29. The third-order valence-electron chi connectivity index (χ3n) is 4.04. The Morgan fingerprint density at radius 1 is 1.12 bits per heavy atom. The smallest absolute Gasteiger partial charge is 0.284 e. The molecule has 1 atom stereocenters. The second kappa shape index (κ2) is 8.09. The lowest BCUT2D eigenvalue weighted by Crippen LogP contribution is -2.36. The predicted molar refractivity (Wildman–Crippen MR) is 102 cm³/mol. The number of fused-ring (bicyclic) bond motifs is 1. The zero-order valence-electron chi connectivity index (χ0n) is 13.9. The average molecular weight is 369 g/mol. The molecule has 3 aromatic rings. The van der Waals surface area contributed by atoms with Crippen LogP contribution < -0.4 is 16.5 Å². The van der Waals surface area contributed by atoms with Gasteiger partial charge in [-0.2, -0.15) is 0 Å². The van der Waals surface area contributed by atoms with Crippen molar-refractivity contribution in [3.05, 3.63) is 65.0 Å². The number of nitrogens with two attached hydrogens (primary N) is 1. The lowest BCUT2D eigenvalue weighted by Gasteiger charge is -2.12. The van der Waals surface area contributed by atoms with Gasteiger partial charge in [-0.1, -0.05) is 36.4 Å². The van der Waals surface area contributed by atoms with Crippen LogP contribution in [-0.2, 0) is 11.2 Å². The Balaban J connectivity index is 1.63. The van der Waals surface area contributed by atoms with Crippen LogP contribution in [0.5, 0.6) is 0 Å². The molecule has 2 aromatic carbocycles. The Labute approximate surface area is 154 Å². The summed E-state index contributed by atoms with van der Waals surface area (Å²) in [7, 11) is 0. The summed E-state index contributed by atoms with van der Waals surface area (Å²) in [5, 5.41) is 12.4. The summed E-state index contributed by atoms with van der Waals surface area (Å²) in [6.45, 7) is 0. The highest BCUT2D eigenvalue weighted by molar-refractivity contribution is 7.20. The number of amides is 2. The SMILES string of the molecule is N[C@@H](CCc1ccccc1)C(=O)Nc1ccc2cc(C(=O)NO)sc2c1. The average Bonchev–Trinajstić information content (AvgIpc) is 3.09. The number of aryl methyl sites for hydroxylation is 1. The molecule has 3 rings (SSSR count). The van der Waals surface area contributed by atoms with Gasteiger partial charge in [0.2, 0.25) is 5.91 Å². The minimum Gasteiger partial charge on any atom is -0.325 e. The Kier molecular flexibility index (Phi) is 5.62. The molecule has 0 spiro atoms. The molecule has 0 unspecified atom stereocenters. The molecule has 0 saturated carbocycles. The summed E-state index contributed by atoms with van der Waals surface area (Å²) in [6, 6.07) is 16.3. The molecule has 0 bridgehead atoms. The molecule has 2 amide bonds. The number of carbonyl (C=O) groups is 2. The summed E-state index contributed by atoms with van der Waals surface area (Å²) in [5.74, 6) is -0.801. The number of carbonyl (C=O) groups excluding carboxylic acids is 2. The molecule has 1 heterocycles. The Morgan fingerprint density at radius 2 is 1.88 bits per heavy atom. The number of benzene rings is 2. The van der Waals surface area contributed by atoms with Crippen LogP contribution in [0.3, 0.4) is 0 Å².